The number of rotatable bonds is 4. The molecule has 3 N–H and O–H groups in total. The Bertz CT molecular complexity index is 1040. The summed E-state index contributed by atoms with van der Waals surface area (Å²) >= 11 is 0. The fourth-order valence-corrected chi connectivity index (χ4v) is 7.66. The third-order valence-electron chi connectivity index (χ3n) is 8.63. The van der Waals surface area contributed by atoms with Crippen LogP contribution in [0.1, 0.15) is 43.2 Å². The van der Waals surface area contributed by atoms with Crippen molar-refractivity contribution < 1.29 is 36.6 Å². The summed E-state index contributed by atoms with van der Waals surface area (Å²) in [6.45, 7) is 1.93. The maximum Gasteiger partial charge on any atom is 0.446 e. The summed E-state index contributed by atoms with van der Waals surface area (Å²) in [6.07, 6.45) is 3.33. The summed E-state index contributed by atoms with van der Waals surface area (Å²) in [4.78, 5) is 0. The van der Waals surface area contributed by atoms with Crippen LogP contribution in [0.5, 0.6) is 11.5 Å². The first kappa shape index (κ1) is 21.5. The van der Waals surface area contributed by atoms with Gasteiger partial charge in [0.1, 0.15) is 17.7 Å². The summed E-state index contributed by atoms with van der Waals surface area (Å²) in [6, 6.07) is 3.33. The lowest BCUT2D eigenvalue weighted by atomic mass is 9.48. The molecule has 9 heteroatoms. The minimum absolute atomic E-state index is 0. The predicted molar refractivity (Wildman–Crippen MR) is 112 cm³/mol. The minimum Gasteiger partial charge on any atom is -0.482 e. The Balaban J connectivity index is 0.00000204. The largest absolute Gasteiger partial charge is 0.482 e. The molecule has 172 valence electrons. The number of benzene rings is 1. The van der Waals surface area contributed by atoms with E-state index in [4.69, 9.17) is 8.92 Å². The molecule has 31 heavy (non-hydrogen) atoms. The molecule has 5 aliphatic rings. The second-order valence-electron chi connectivity index (χ2n) is 10.3. The number of hydrogen-bond acceptors (Lipinski definition) is 6. The summed E-state index contributed by atoms with van der Waals surface area (Å²) in [5.41, 5.74) is -0.0612. The SMILES string of the molecule is C[N@+]1(CC2CC2)CC[C@]23c4c5ccc(OS(=O)(=O)O)c4O[C@H]2C(O)CC[C@@]3(O)[C@H]1C5.[CH3-]. The van der Waals surface area contributed by atoms with E-state index in [9.17, 15) is 23.2 Å². The summed E-state index contributed by atoms with van der Waals surface area (Å²) < 4.78 is 43.8. The second-order valence-corrected chi connectivity index (χ2v) is 11.3. The molecule has 1 aromatic rings. The fourth-order valence-electron chi connectivity index (χ4n) is 7.30. The van der Waals surface area contributed by atoms with E-state index in [0.29, 0.717) is 25.7 Å². The first-order chi connectivity index (χ1) is 14.1. The highest BCUT2D eigenvalue weighted by Gasteiger charge is 2.76. The molecule has 2 saturated carbocycles. The van der Waals surface area contributed by atoms with Crippen LogP contribution >= 0.6 is 0 Å². The van der Waals surface area contributed by atoms with Crippen molar-refractivity contribution in [2.75, 3.05) is 20.1 Å². The number of likely N-dealkylation sites (N-methyl/N-ethyl adjacent to an activating group) is 1. The number of aliphatic hydroxyl groups is 2. The van der Waals surface area contributed by atoms with Gasteiger partial charge >= 0.3 is 10.4 Å². The molecule has 6 rings (SSSR count). The van der Waals surface area contributed by atoms with E-state index >= 15 is 0 Å². The van der Waals surface area contributed by atoms with Crippen LogP contribution < -0.4 is 8.92 Å². The molecule has 0 amide bonds. The molecule has 2 bridgehead atoms. The molecular weight excluding hydrogens is 422 g/mol. The van der Waals surface area contributed by atoms with E-state index in [0.717, 1.165) is 34.6 Å². The molecule has 2 aliphatic heterocycles. The Kier molecular flexibility index (Phi) is 4.39. The van der Waals surface area contributed by atoms with Crippen LogP contribution in [0.4, 0.5) is 0 Å². The van der Waals surface area contributed by atoms with Gasteiger partial charge in [0.15, 0.2) is 11.5 Å². The predicted octanol–water partition coefficient (Wildman–Crippen LogP) is 1.39. The van der Waals surface area contributed by atoms with Gasteiger partial charge in [0.25, 0.3) is 0 Å². The van der Waals surface area contributed by atoms with Crippen molar-refractivity contribution in [1.29, 1.82) is 0 Å². The minimum atomic E-state index is -4.73. The second kappa shape index (κ2) is 6.35. The van der Waals surface area contributed by atoms with E-state index in [1.54, 1.807) is 0 Å². The number of hydrogen-bond donors (Lipinski definition) is 3. The Labute approximate surface area is 183 Å². The highest BCUT2D eigenvalue weighted by molar-refractivity contribution is 7.81. The molecule has 8 nitrogen and oxygen atoms in total. The average molecular weight is 454 g/mol. The Morgan fingerprint density at radius 2 is 2.00 bits per heavy atom. The Hall–Kier alpha value is -1.39. The first-order valence-corrected chi connectivity index (χ1v) is 12.2. The number of quaternary nitrogens is 1. The van der Waals surface area contributed by atoms with E-state index in [-0.39, 0.29) is 25.0 Å². The van der Waals surface area contributed by atoms with Gasteiger partial charge in [0.05, 0.1) is 31.7 Å². The molecule has 1 unspecified atom stereocenters. The number of aliphatic hydroxyl groups excluding tert-OH is 1. The van der Waals surface area contributed by atoms with Crippen LogP contribution in [-0.2, 0) is 22.2 Å². The van der Waals surface area contributed by atoms with Crippen molar-refractivity contribution in [2.45, 2.75) is 67.8 Å². The van der Waals surface area contributed by atoms with Gasteiger partial charge in [-0.2, -0.15) is 8.42 Å². The van der Waals surface area contributed by atoms with E-state index in [1.165, 1.54) is 18.9 Å². The van der Waals surface area contributed by atoms with Crippen LogP contribution in [0.25, 0.3) is 0 Å². The molecule has 3 aliphatic carbocycles. The van der Waals surface area contributed by atoms with Crippen LogP contribution in [0, 0.1) is 13.3 Å². The van der Waals surface area contributed by atoms with Crippen molar-refractivity contribution in [3.8, 4) is 11.5 Å². The lowest BCUT2D eigenvalue weighted by Gasteiger charge is -2.65. The number of piperidine rings is 1. The zero-order valence-electron chi connectivity index (χ0n) is 18.0. The van der Waals surface area contributed by atoms with Crippen LogP contribution in [0.15, 0.2) is 12.1 Å². The van der Waals surface area contributed by atoms with Crippen molar-refractivity contribution in [1.82, 2.24) is 0 Å². The number of likely N-dealkylation sites (tertiary alicyclic amines) is 1. The molecule has 0 aromatic heterocycles. The van der Waals surface area contributed by atoms with Gasteiger partial charge in [-0.1, -0.05) is 6.07 Å². The Morgan fingerprint density at radius 3 is 2.68 bits per heavy atom. The van der Waals surface area contributed by atoms with E-state index in [1.807, 2.05) is 6.07 Å². The number of nitrogens with zero attached hydrogens (tertiary/aromatic N) is 1. The maximum atomic E-state index is 12.3. The fraction of sp³-hybridized carbons (Fsp3) is 0.682. The molecule has 6 atom stereocenters. The third kappa shape index (κ3) is 2.70. The normalized spacial score (nSPS) is 42.3. The van der Waals surface area contributed by atoms with Crippen LogP contribution in [-0.4, -0.2) is 71.7 Å². The maximum absolute atomic E-state index is 12.3. The lowest BCUT2D eigenvalue weighted by Crippen LogP contribution is -2.81. The summed E-state index contributed by atoms with van der Waals surface area (Å²) in [5.74, 6) is 0.875. The van der Waals surface area contributed by atoms with Gasteiger partial charge in [-0.3, -0.25) is 4.55 Å². The zero-order chi connectivity index (χ0) is 21.1. The zero-order valence-corrected chi connectivity index (χ0v) is 18.8. The topological polar surface area (TPSA) is 113 Å². The van der Waals surface area contributed by atoms with Gasteiger partial charge < -0.3 is 31.0 Å². The molecular formula is C22H31NO7S. The van der Waals surface area contributed by atoms with E-state index < -0.39 is 33.6 Å². The van der Waals surface area contributed by atoms with Gasteiger partial charge in [-0.05, 0) is 37.3 Å². The van der Waals surface area contributed by atoms with Crippen molar-refractivity contribution in [3.05, 3.63) is 30.7 Å². The molecule has 1 aromatic carbocycles. The molecule has 2 heterocycles. The molecule has 0 radical (unpaired) electrons. The third-order valence-corrected chi connectivity index (χ3v) is 9.02. The van der Waals surface area contributed by atoms with Gasteiger partial charge in [-0.25, -0.2) is 0 Å². The quantitative estimate of drug-likeness (QED) is 0.359. The molecule has 1 spiro atoms. The first-order valence-electron chi connectivity index (χ1n) is 10.8. The summed E-state index contributed by atoms with van der Waals surface area (Å²) in [5, 5.41) is 23.2. The molecule has 1 saturated heterocycles. The monoisotopic (exact) mass is 453 g/mol. The average Bonchev–Trinajstić information content (AvgIpc) is 3.38. The number of ether oxygens (including phenoxy) is 1. The van der Waals surface area contributed by atoms with E-state index in [2.05, 4.69) is 7.05 Å². The standard InChI is InChI=1S/C21H27NO7S.CH3/c1-22(11-12-2-3-12)9-8-20-17-13-4-5-15(29-30(25,26)27)18(17)28-19(20)14(23)6-7-21(20,24)16(22)10-13;/h4-5,12,14,16,19,23-24H,2-3,6-11H2,1H3;1H3/q;-1/p+1/t14?,16-,19+,20+,21-,22-;/m1./s1. The van der Waals surface area contributed by atoms with Crippen LogP contribution in [0.2, 0.25) is 0 Å². The highest BCUT2D eigenvalue weighted by atomic mass is 32.3. The van der Waals surface area contributed by atoms with Crippen molar-refractivity contribution >= 4 is 10.4 Å². The Morgan fingerprint density at radius 1 is 1.26 bits per heavy atom. The van der Waals surface area contributed by atoms with Crippen molar-refractivity contribution in [2.24, 2.45) is 5.92 Å². The van der Waals surface area contributed by atoms with Gasteiger partial charge in [-0.15, -0.1) is 0 Å². The van der Waals surface area contributed by atoms with Gasteiger partial charge in [0, 0.05) is 24.3 Å². The van der Waals surface area contributed by atoms with Crippen LogP contribution in [0.3, 0.4) is 0 Å². The molecule has 3 fully saturated rings. The lowest BCUT2D eigenvalue weighted by molar-refractivity contribution is -0.950. The smallest absolute Gasteiger partial charge is 0.446 e. The highest BCUT2D eigenvalue weighted by Crippen LogP contribution is 2.66. The van der Waals surface area contributed by atoms with Crippen molar-refractivity contribution in [3.63, 3.8) is 0 Å². The van der Waals surface area contributed by atoms with Gasteiger partial charge in [0.2, 0.25) is 0 Å². The summed E-state index contributed by atoms with van der Waals surface area (Å²) in [7, 11) is -2.47.